The predicted octanol–water partition coefficient (Wildman–Crippen LogP) is 2.17. The van der Waals surface area contributed by atoms with Gasteiger partial charge in [-0.2, -0.15) is 4.31 Å². The average molecular weight is 337 g/mol. The molecule has 1 heterocycles. The normalized spacial score (nSPS) is 20.8. The number of rotatable bonds is 3. The summed E-state index contributed by atoms with van der Waals surface area (Å²) in [5.74, 6) is -0.795. The molecule has 1 aromatic carbocycles. The minimum atomic E-state index is -3.84. The molecule has 1 atom stereocenters. The number of halogens is 2. The van der Waals surface area contributed by atoms with Crippen LogP contribution in [0.5, 0.6) is 0 Å². The van der Waals surface area contributed by atoms with Gasteiger partial charge in [0, 0.05) is 19.0 Å². The third kappa shape index (κ3) is 3.11. The average Bonchev–Trinajstić information content (AvgIpc) is 2.41. The van der Waals surface area contributed by atoms with Crippen LogP contribution in [0, 0.1) is 11.7 Å². The van der Waals surface area contributed by atoms with Gasteiger partial charge < -0.3 is 5.73 Å². The molecule has 0 aliphatic carbocycles. The lowest BCUT2D eigenvalue weighted by atomic mass is 10.0. The zero-order valence-corrected chi connectivity index (χ0v) is 12.9. The number of piperidine rings is 1. The van der Waals surface area contributed by atoms with Crippen molar-refractivity contribution >= 4 is 38.8 Å². The first-order chi connectivity index (χ1) is 9.32. The van der Waals surface area contributed by atoms with Crippen molar-refractivity contribution in [3.05, 3.63) is 29.0 Å². The molecule has 110 valence electrons. The Morgan fingerprint density at radius 2 is 2.20 bits per heavy atom. The smallest absolute Gasteiger partial charge is 0.244 e. The van der Waals surface area contributed by atoms with E-state index in [0.717, 1.165) is 18.6 Å². The van der Waals surface area contributed by atoms with Gasteiger partial charge in [0.05, 0.1) is 10.0 Å². The second-order valence-electron chi connectivity index (χ2n) is 4.68. The van der Waals surface area contributed by atoms with Crippen LogP contribution in [0.3, 0.4) is 0 Å². The van der Waals surface area contributed by atoms with Gasteiger partial charge in [0.1, 0.15) is 10.7 Å². The highest BCUT2D eigenvalue weighted by Gasteiger charge is 2.32. The molecule has 1 aromatic rings. The fraction of sp³-hybridized carbons (Fsp3) is 0.417. The lowest BCUT2D eigenvalue weighted by Crippen LogP contribution is -2.43. The van der Waals surface area contributed by atoms with Crippen molar-refractivity contribution < 1.29 is 12.8 Å². The highest BCUT2D eigenvalue weighted by Crippen LogP contribution is 2.28. The molecule has 0 radical (unpaired) electrons. The van der Waals surface area contributed by atoms with E-state index in [1.165, 1.54) is 10.4 Å². The van der Waals surface area contributed by atoms with Crippen LogP contribution in [0.2, 0.25) is 5.02 Å². The standard InChI is InChI=1S/C12H14ClFN2O2S2/c13-10-4-3-9(14)6-11(10)20(17,18)16-5-1-2-8(7-16)12(15)19/h3-4,6,8H,1-2,5,7H2,(H2,15,19). The van der Waals surface area contributed by atoms with Gasteiger partial charge in [-0.05, 0) is 31.0 Å². The van der Waals surface area contributed by atoms with Gasteiger partial charge in [0.2, 0.25) is 10.0 Å². The largest absolute Gasteiger partial charge is 0.393 e. The number of thiocarbonyl (C=S) groups is 1. The van der Waals surface area contributed by atoms with Gasteiger partial charge in [-0.1, -0.05) is 23.8 Å². The number of benzene rings is 1. The van der Waals surface area contributed by atoms with Gasteiger partial charge in [0.15, 0.2) is 0 Å². The molecule has 1 aliphatic rings. The topological polar surface area (TPSA) is 63.4 Å². The lowest BCUT2D eigenvalue weighted by Gasteiger charge is -2.31. The molecule has 1 unspecified atom stereocenters. The number of nitrogens with two attached hydrogens (primary N) is 1. The Morgan fingerprint density at radius 3 is 2.85 bits per heavy atom. The summed E-state index contributed by atoms with van der Waals surface area (Å²) in [5, 5.41) is 0.00356. The number of hydrogen-bond acceptors (Lipinski definition) is 3. The Labute approximate surface area is 127 Å². The van der Waals surface area contributed by atoms with Crippen molar-refractivity contribution in [3.8, 4) is 0 Å². The zero-order valence-electron chi connectivity index (χ0n) is 10.6. The first-order valence-corrected chi connectivity index (χ1v) is 8.29. The molecule has 0 aromatic heterocycles. The number of nitrogens with zero attached hydrogens (tertiary/aromatic N) is 1. The van der Waals surface area contributed by atoms with Crippen LogP contribution in [0.1, 0.15) is 12.8 Å². The molecule has 1 saturated heterocycles. The van der Waals surface area contributed by atoms with Gasteiger partial charge >= 0.3 is 0 Å². The van der Waals surface area contributed by atoms with E-state index in [9.17, 15) is 12.8 Å². The maximum absolute atomic E-state index is 13.3. The van der Waals surface area contributed by atoms with E-state index >= 15 is 0 Å². The molecule has 8 heteroatoms. The minimum Gasteiger partial charge on any atom is -0.393 e. The third-order valence-corrected chi connectivity index (χ3v) is 5.98. The molecule has 0 spiro atoms. The molecule has 2 rings (SSSR count). The summed E-state index contributed by atoms with van der Waals surface area (Å²) in [6, 6.07) is 3.29. The zero-order chi connectivity index (χ0) is 14.9. The molecule has 4 nitrogen and oxygen atoms in total. The Kier molecular flexibility index (Phi) is 4.63. The summed E-state index contributed by atoms with van der Waals surface area (Å²) in [6.07, 6.45) is 1.42. The summed E-state index contributed by atoms with van der Waals surface area (Å²) in [7, 11) is -3.84. The monoisotopic (exact) mass is 336 g/mol. The van der Waals surface area contributed by atoms with Crippen LogP contribution in [0.4, 0.5) is 4.39 Å². The first-order valence-electron chi connectivity index (χ1n) is 6.07. The van der Waals surface area contributed by atoms with Crippen molar-refractivity contribution in [2.75, 3.05) is 13.1 Å². The number of hydrogen-bond donors (Lipinski definition) is 1. The van der Waals surface area contributed by atoms with Crippen LogP contribution >= 0.6 is 23.8 Å². The summed E-state index contributed by atoms with van der Waals surface area (Å²) >= 11 is 10.8. The van der Waals surface area contributed by atoms with Crippen LogP contribution in [0.25, 0.3) is 0 Å². The highest BCUT2D eigenvalue weighted by atomic mass is 35.5. The molecule has 2 N–H and O–H groups in total. The van der Waals surface area contributed by atoms with E-state index in [1.807, 2.05) is 0 Å². The molecule has 0 bridgehead atoms. The fourth-order valence-electron chi connectivity index (χ4n) is 2.21. The van der Waals surface area contributed by atoms with Crippen LogP contribution < -0.4 is 5.73 Å². The molecular formula is C12H14ClFN2O2S2. The van der Waals surface area contributed by atoms with Gasteiger partial charge in [-0.15, -0.1) is 0 Å². The Morgan fingerprint density at radius 1 is 1.50 bits per heavy atom. The minimum absolute atomic E-state index is 0.00356. The maximum Gasteiger partial charge on any atom is 0.244 e. The molecule has 1 fully saturated rings. The van der Waals surface area contributed by atoms with E-state index in [2.05, 4.69) is 0 Å². The Balaban J connectivity index is 2.35. The van der Waals surface area contributed by atoms with Gasteiger partial charge in [-0.3, -0.25) is 0 Å². The first kappa shape index (κ1) is 15.6. The Hall–Kier alpha value is -0.760. The van der Waals surface area contributed by atoms with Crippen molar-refractivity contribution in [1.82, 2.24) is 4.31 Å². The second-order valence-corrected chi connectivity index (χ2v) is 7.46. The SMILES string of the molecule is NC(=S)C1CCCN(S(=O)(=O)c2cc(F)ccc2Cl)C1. The van der Waals surface area contributed by atoms with E-state index in [-0.39, 0.29) is 22.4 Å². The predicted molar refractivity (Wildman–Crippen MR) is 79.7 cm³/mol. The van der Waals surface area contributed by atoms with Crippen molar-refractivity contribution in [2.45, 2.75) is 17.7 Å². The van der Waals surface area contributed by atoms with E-state index in [4.69, 9.17) is 29.6 Å². The van der Waals surface area contributed by atoms with Crippen molar-refractivity contribution in [2.24, 2.45) is 11.7 Å². The van der Waals surface area contributed by atoms with Gasteiger partial charge in [-0.25, -0.2) is 12.8 Å². The summed E-state index contributed by atoms with van der Waals surface area (Å²) in [6.45, 7) is 0.568. The second kappa shape index (κ2) is 5.93. The highest BCUT2D eigenvalue weighted by molar-refractivity contribution is 7.89. The van der Waals surface area contributed by atoms with Crippen molar-refractivity contribution in [3.63, 3.8) is 0 Å². The lowest BCUT2D eigenvalue weighted by molar-refractivity contribution is 0.312. The van der Waals surface area contributed by atoms with Crippen molar-refractivity contribution in [1.29, 1.82) is 0 Å². The van der Waals surface area contributed by atoms with E-state index in [1.54, 1.807) is 0 Å². The molecule has 0 amide bonds. The van der Waals surface area contributed by atoms with Crippen LogP contribution in [-0.4, -0.2) is 30.8 Å². The molecular weight excluding hydrogens is 323 g/mol. The Bertz CT molecular complexity index is 636. The van der Waals surface area contributed by atoms with E-state index < -0.39 is 15.8 Å². The molecule has 20 heavy (non-hydrogen) atoms. The van der Waals surface area contributed by atoms with E-state index in [0.29, 0.717) is 18.0 Å². The summed E-state index contributed by atoms with van der Waals surface area (Å²) in [4.78, 5) is 0.0815. The molecule has 1 aliphatic heterocycles. The fourth-order valence-corrected chi connectivity index (χ4v) is 4.41. The number of sulfonamides is 1. The van der Waals surface area contributed by atoms with Crippen LogP contribution in [0.15, 0.2) is 23.1 Å². The summed E-state index contributed by atoms with van der Waals surface area (Å²) in [5.41, 5.74) is 5.59. The summed E-state index contributed by atoms with van der Waals surface area (Å²) < 4.78 is 39.6. The van der Waals surface area contributed by atoms with Gasteiger partial charge in [0.25, 0.3) is 0 Å². The maximum atomic E-state index is 13.3. The quantitative estimate of drug-likeness (QED) is 0.859. The van der Waals surface area contributed by atoms with Crippen LogP contribution in [-0.2, 0) is 10.0 Å². The molecule has 0 saturated carbocycles. The third-order valence-electron chi connectivity index (χ3n) is 3.30.